The Hall–Kier alpha value is -6.69. The van der Waals surface area contributed by atoms with Crippen LogP contribution in [0.1, 0.15) is 50.3 Å². The lowest BCUT2D eigenvalue weighted by Gasteiger charge is -2.26. The highest BCUT2D eigenvalue weighted by Crippen LogP contribution is 2.58. The van der Waals surface area contributed by atoms with Gasteiger partial charge in [0.1, 0.15) is 6.29 Å². The minimum absolute atomic E-state index is 0.286. The number of unbranched alkanes of at least 4 members (excludes halogenated alkanes) is 1. The number of hydrogen-bond donors (Lipinski definition) is 0. The first kappa shape index (κ1) is 33.8. The van der Waals surface area contributed by atoms with Crippen LogP contribution in [0.2, 0.25) is 0 Å². The molecule has 0 radical (unpaired) electrons. The Bertz CT molecular complexity index is 2900. The molecule has 10 rings (SSSR count). The highest BCUT2D eigenvalue weighted by molar-refractivity contribution is 6.28. The van der Waals surface area contributed by atoms with Crippen LogP contribution < -0.4 is 4.90 Å². The molecule has 0 aromatic heterocycles. The predicted octanol–water partition coefficient (Wildman–Crippen LogP) is 13.5. The molecule has 0 saturated carbocycles. The third kappa shape index (κ3) is 5.08. The summed E-state index contributed by atoms with van der Waals surface area (Å²) in [7, 11) is 0. The minimum atomic E-state index is -0.286. The van der Waals surface area contributed by atoms with E-state index in [0.717, 1.165) is 47.9 Å². The second-order valence-electron chi connectivity index (χ2n) is 15.6. The molecule has 0 amide bonds. The van der Waals surface area contributed by atoms with Gasteiger partial charge in [0.2, 0.25) is 0 Å². The molecule has 0 spiro atoms. The van der Waals surface area contributed by atoms with Crippen LogP contribution in [-0.4, -0.2) is 12.8 Å². The molecule has 0 saturated heterocycles. The van der Waals surface area contributed by atoms with E-state index in [2.05, 4.69) is 183 Å². The normalized spacial score (nSPS) is 14.3. The number of anilines is 1. The van der Waals surface area contributed by atoms with Gasteiger partial charge in [-0.2, -0.15) is 0 Å². The first-order valence-corrected chi connectivity index (χ1v) is 19.8. The Morgan fingerprint density at radius 2 is 1.25 bits per heavy atom. The first-order valence-electron chi connectivity index (χ1n) is 19.8. The van der Waals surface area contributed by atoms with Crippen LogP contribution in [0.3, 0.4) is 0 Å². The van der Waals surface area contributed by atoms with Gasteiger partial charge in [-0.05, 0) is 119 Å². The number of allylic oxidation sites excluding steroid dienone is 2. The predicted molar refractivity (Wildman–Crippen MR) is 236 cm³/mol. The van der Waals surface area contributed by atoms with Crippen LogP contribution in [0.15, 0.2) is 157 Å². The van der Waals surface area contributed by atoms with Crippen molar-refractivity contribution in [2.45, 2.75) is 39.0 Å². The van der Waals surface area contributed by atoms with E-state index < -0.39 is 0 Å². The van der Waals surface area contributed by atoms with Crippen LogP contribution >= 0.6 is 0 Å². The van der Waals surface area contributed by atoms with Gasteiger partial charge in [-0.1, -0.05) is 160 Å². The van der Waals surface area contributed by atoms with E-state index in [1.165, 1.54) is 82.7 Å². The highest BCUT2D eigenvalue weighted by atomic mass is 16.1. The number of benzene rings is 8. The molecular formula is C54H41NO. The van der Waals surface area contributed by atoms with E-state index in [9.17, 15) is 4.79 Å². The largest absolute Gasteiger partial charge is 0.344 e. The van der Waals surface area contributed by atoms with Gasteiger partial charge >= 0.3 is 0 Å². The average molecular weight is 720 g/mol. The third-order valence-electron chi connectivity index (χ3n) is 12.1. The molecule has 8 aromatic carbocycles. The van der Waals surface area contributed by atoms with Crippen LogP contribution in [0.4, 0.5) is 5.69 Å². The van der Waals surface area contributed by atoms with Crippen molar-refractivity contribution in [3.8, 4) is 56.3 Å². The summed E-state index contributed by atoms with van der Waals surface area (Å²) in [5.41, 5.74) is 15.4. The molecule has 0 unspecified atom stereocenters. The van der Waals surface area contributed by atoms with E-state index in [1.807, 2.05) is 0 Å². The molecule has 2 aliphatic rings. The van der Waals surface area contributed by atoms with Crippen molar-refractivity contribution < 1.29 is 4.79 Å². The molecule has 1 heterocycles. The fourth-order valence-corrected chi connectivity index (χ4v) is 9.65. The smallest absolute Gasteiger partial charge is 0.144 e. The zero-order chi connectivity index (χ0) is 38.0. The van der Waals surface area contributed by atoms with Gasteiger partial charge in [0.25, 0.3) is 0 Å². The van der Waals surface area contributed by atoms with Crippen LogP contribution in [-0.2, 0) is 10.2 Å². The van der Waals surface area contributed by atoms with Crippen molar-refractivity contribution in [2.24, 2.45) is 0 Å². The molecule has 8 aromatic rings. The number of nitrogens with zero attached hydrogens (tertiary/aromatic N) is 1. The zero-order valence-corrected chi connectivity index (χ0v) is 32.0. The highest BCUT2D eigenvalue weighted by Gasteiger charge is 2.41. The summed E-state index contributed by atoms with van der Waals surface area (Å²) in [6, 6.07) is 52.9. The molecular weight excluding hydrogens is 679 g/mol. The molecule has 0 atom stereocenters. The van der Waals surface area contributed by atoms with E-state index in [4.69, 9.17) is 0 Å². The van der Waals surface area contributed by atoms with Gasteiger partial charge in [-0.15, -0.1) is 0 Å². The molecule has 1 aliphatic heterocycles. The first-order chi connectivity index (χ1) is 27.5. The molecule has 56 heavy (non-hydrogen) atoms. The SMILES string of the molecule is CCCCN1/C(=C\C=O)C(C)(C)c2c1ccc1cc(C#Cc3ccc4c5c(cccc35)-c3c-4c(-c4ccccc4)c4ccccc4c3-c3ccccc3)ccc21. The summed E-state index contributed by atoms with van der Waals surface area (Å²) >= 11 is 0. The summed E-state index contributed by atoms with van der Waals surface area (Å²) in [4.78, 5) is 14.1. The van der Waals surface area contributed by atoms with Gasteiger partial charge in [0.05, 0.1) is 0 Å². The minimum Gasteiger partial charge on any atom is -0.344 e. The van der Waals surface area contributed by atoms with Crippen molar-refractivity contribution >= 4 is 44.3 Å². The average Bonchev–Trinajstić information content (AvgIpc) is 3.67. The van der Waals surface area contributed by atoms with Crippen molar-refractivity contribution in [3.63, 3.8) is 0 Å². The van der Waals surface area contributed by atoms with Gasteiger partial charge in [-0.25, -0.2) is 0 Å². The molecule has 268 valence electrons. The zero-order valence-electron chi connectivity index (χ0n) is 32.0. The number of carbonyl (C=O) groups is 1. The maximum Gasteiger partial charge on any atom is 0.144 e. The van der Waals surface area contributed by atoms with E-state index >= 15 is 0 Å². The Morgan fingerprint density at radius 1 is 0.607 bits per heavy atom. The van der Waals surface area contributed by atoms with Crippen molar-refractivity contribution in [1.29, 1.82) is 0 Å². The van der Waals surface area contributed by atoms with E-state index in [0.29, 0.717) is 0 Å². The Kier molecular flexibility index (Phi) is 8.01. The number of rotatable bonds is 6. The number of fused-ring (bicyclic) bond motifs is 7. The monoisotopic (exact) mass is 719 g/mol. The second kappa shape index (κ2) is 13.3. The lowest BCUT2D eigenvalue weighted by Crippen LogP contribution is -2.27. The number of carbonyl (C=O) groups excluding carboxylic acids is 1. The molecule has 2 nitrogen and oxygen atoms in total. The molecule has 0 bridgehead atoms. The maximum absolute atomic E-state index is 11.8. The van der Waals surface area contributed by atoms with Crippen molar-refractivity contribution in [3.05, 3.63) is 174 Å². The van der Waals surface area contributed by atoms with Crippen molar-refractivity contribution in [1.82, 2.24) is 0 Å². The van der Waals surface area contributed by atoms with E-state index in [1.54, 1.807) is 6.08 Å². The maximum atomic E-state index is 11.8. The summed E-state index contributed by atoms with van der Waals surface area (Å²) in [6.45, 7) is 7.59. The molecule has 1 aliphatic carbocycles. The third-order valence-corrected chi connectivity index (χ3v) is 12.1. The van der Waals surface area contributed by atoms with Gasteiger partial charge in [0, 0.05) is 34.5 Å². The summed E-state index contributed by atoms with van der Waals surface area (Å²) in [5, 5.41) is 7.34. The summed E-state index contributed by atoms with van der Waals surface area (Å²) < 4.78 is 0. The number of hydrogen-bond acceptors (Lipinski definition) is 2. The van der Waals surface area contributed by atoms with Crippen LogP contribution in [0.5, 0.6) is 0 Å². The van der Waals surface area contributed by atoms with Crippen molar-refractivity contribution in [2.75, 3.05) is 11.4 Å². The summed E-state index contributed by atoms with van der Waals surface area (Å²) in [5.74, 6) is 7.18. The van der Waals surface area contributed by atoms with E-state index in [-0.39, 0.29) is 5.41 Å². The van der Waals surface area contributed by atoms with Crippen LogP contribution in [0.25, 0.3) is 76.8 Å². The lowest BCUT2D eigenvalue weighted by molar-refractivity contribution is -0.104. The molecule has 0 N–H and O–H groups in total. The Balaban J connectivity index is 1.13. The summed E-state index contributed by atoms with van der Waals surface area (Å²) in [6.07, 6.45) is 4.86. The van der Waals surface area contributed by atoms with Crippen LogP contribution in [0, 0.1) is 11.8 Å². The second-order valence-corrected chi connectivity index (χ2v) is 15.6. The standard InChI is InChI=1S/C54H41NO/c1-4-5-32-55-46-30-27-39-34-35(24-28-41(39)53(46)54(2,3)47(55)31-33-56)23-25-36-26-29-45-50-40(36)21-14-22-44(50)51-48(37-15-8-6-9-16-37)42-19-12-13-20-43(42)49(52(45)51)38-17-10-7-11-18-38/h6-22,24,26-31,33-34H,4-5,32H2,1-3H3/b47-31-. The van der Waals surface area contributed by atoms with Gasteiger partial charge in [0.15, 0.2) is 0 Å². The molecule has 2 heteroatoms. The van der Waals surface area contributed by atoms with Gasteiger partial charge < -0.3 is 4.90 Å². The Labute approximate surface area is 328 Å². The van der Waals surface area contributed by atoms with Gasteiger partial charge in [-0.3, -0.25) is 4.79 Å². The fraction of sp³-hybridized carbons (Fsp3) is 0.130. The fourth-order valence-electron chi connectivity index (χ4n) is 9.65. The quantitative estimate of drug-likeness (QED) is 0.0969. The molecule has 0 fully saturated rings. The number of aldehydes is 1. The topological polar surface area (TPSA) is 20.3 Å². The lowest BCUT2D eigenvalue weighted by atomic mass is 9.81. The Morgan fingerprint density at radius 3 is 1.91 bits per heavy atom.